The highest BCUT2D eigenvalue weighted by Crippen LogP contribution is 2.33. The summed E-state index contributed by atoms with van der Waals surface area (Å²) in [6, 6.07) is 10.6. The van der Waals surface area contributed by atoms with Gasteiger partial charge in [-0.25, -0.2) is 4.98 Å². The lowest BCUT2D eigenvalue weighted by Crippen LogP contribution is -2.43. The number of halogens is 1. The lowest BCUT2D eigenvalue weighted by molar-refractivity contribution is -0.144. The van der Waals surface area contributed by atoms with E-state index in [1.54, 1.807) is 24.3 Å². The summed E-state index contributed by atoms with van der Waals surface area (Å²) < 4.78 is 0. The molecule has 4 heterocycles. The van der Waals surface area contributed by atoms with Crippen molar-refractivity contribution in [3.05, 3.63) is 58.2 Å². The van der Waals surface area contributed by atoms with E-state index in [2.05, 4.69) is 17.4 Å². The second-order valence-electron chi connectivity index (χ2n) is 10.1. The number of carboxylic acid groups (broad SMARTS) is 1. The number of piperidine rings is 1. The van der Waals surface area contributed by atoms with Crippen molar-refractivity contribution in [3.63, 3.8) is 0 Å². The minimum absolute atomic E-state index is 0.158. The number of nitrogens with zero attached hydrogens (tertiary/aromatic N) is 3. The Labute approximate surface area is 211 Å². The van der Waals surface area contributed by atoms with Gasteiger partial charge in [0.2, 0.25) is 5.91 Å². The highest BCUT2D eigenvalue weighted by atomic mass is 35.5. The van der Waals surface area contributed by atoms with Gasteiger partial charge < -0.3 is 15.3 Å². The number of aryl methyl sites for hydroxylation is 1. The molecule has 1 aromatic heterocycles. The first kappa shape index (κ1) is 24.1. The number of nitrogens with one attached hydrogen (secondary N) is 1. The molecule has 8 heteroatoms. The Balaban J connectivity index is 1.15. The number of amides is 1. The Kier molecular flexibility index (Phi) is 7.25. The van der Waals surface area contributed by atoms with E-state index in [9.17, 15) is 14.7 Å². The molecule has 2 fully saturated rings. The topological polar surface area (TPSA) is 85.8 Å². The summed E-state index contributed by atoms with van der Waals surface area (Å²) in [6.45, 7) is 3.54. The molecule has 186 valence electrons. The van der Waals surface area contributed by atoms with Crippen LogP contribution in [0.5, 0.6) is 0 Å². The van der Waals surface area contributed by atoms with E-state index in [1.807, 2.05) is 9.80 Å². The fourth-order valence-electron chi connectivity index (χ4n) is 5.80. The van der Waals surface area contributed by atoms with Crippen molar-refractivity contribution < 1.29 is 14.7 Å². The number of anilines is 1. The molecular formula is C27H33ClN4O3. The molecule has 5 rings (SSSR count). The summed E-state index contributed by atoms with van der Waals surface area (Å²) in [7, 11) is 0. The Morgan fingerprint density at radius 2 is 1.91 bits per heavy atom. The van der Waals surface area contributed by atoms with Crippen LogP contribution in [0.15, 0.2) is 36.4 Å². The van der Waals surface area contributed by atoms with Crippen molar-refractivity contribution in [2.45, 2.75) is 44.6 Å². The molecule has 0 aliphatic carbocycles. The second-order valence-corrected chi connectivity index (χ2v) is 10.5. The number of aromatic nitrogens is 1. The Bertz CT molecular complexity index is 1090. The molecule has 0 spiro atoms. The van der Waals surface area contributed by atoms with Gasteiger partial charge in [0.25, 0.3) is 0 Å². The number of likely N-dealkylation sites (tertiary alicyclic amines) is 2. The minimum atomic E-state index is -0.932. The van der Waals surface area contributed by atoms with Gasteiger partial charge in [0, 0.05) is 43.4 Å². The lowest BCUT2D eigenvalue weighted by atomic mass is 9.91. The largest absolute Gasteiger partial charge is 0.480 e. The van der Waals surface area contributed by atoms with E-state index in [4.69, 9.17) is 16.6 Å². The molecule has 7 nitrogen and oxygen atoms in total. The maximum atomic E-state index is 13.3. The Morgan fingerprint density at radius 3 is 2.69 bits per heavy atom. The molecule has 1 amide bonds. The van der Waals surface area contributed by atoms with Gasteiger partial charge in [-0.3, -0.25) is 14.5 Å². The molecule has 0 radical (unpaired) electrons. The second kappa shape index (κ2) is 10.5. The number of pyridine rings is 1. The van der Waals surface area contributed by atoms with Gasteiger partial charge in [0.15, 0.2) is 0 Å². The number of hydrogen-bond donors (Lipinski definition) is 2. The van der Waals surface area contributed by atoms with Crippen LogP contribution in [0.2, 0.25) is 5.02 Å². The van der Waals surface area contributed by atoms with E-state index in [-0.39, 0.29) is 11.8 Å². The molecule has 2 atom stereocenters. The van der Waals surface area contributed by atoms with Crippen molar-refractivity contribution in [1.82, 2.24) is 14.8 Å². The molecule has 35 heavy (non-hydrogen) atoms. The Morgan fingerprint density at radius 1 is 1.11 bits per heavy atom. The molecule has 0 bridgehead atoms. The van der Waals surface area contributed by atoms with Gasteiger partial charge in [-0.15, -0.1) is 0 Å². The van der Waals surface area contributed by atoms with Gasteiger partial charge in [-0.05, 0) is 67.7 Å². The van der Waals surface area contributed by atoms with E-state index in [1.165, 1.54) is 5.56 Å². The summed E-state index contributed by atoms with van der Waals surface area (Å²) in [4.78, 5) is 34.1. The van der Waals surface area contributed by atoms with Gasteiger partial charge >= 0.3 is 5.97 Å². The third-order valence-electron chi connectivity index (χ3n) is 7.74. The van der Waals surface area contributed by atoms with Crippen LogP contribution in [0, 0.1) is 11.8 Å². The number of fused-ring (bicyclic) bond motifs is 1. The summed E-state index contributed by atoms with van der Waals surface area (Å²) in [6.07, 6.45) is 5.85. The van der Waals surface area contributed by atoms with Crippen molar-refractivity contribution >= 4 is 29.3 Å². The lowest BCUT2D eigenvalue weighted by Gasteiger charge is -2.34. The third-order valence-corrected chi connectivity index (χ3v) is 8.09. The zero-order valence-corrected chi connectivity index (χ0v) is 20.7. The van der Waals surface area contributed by atoms with E-state index in [0.717, 1.165) is 63.3 Å². The van der Waals surface area contributed by atoms with Crippen LogP contribution in [-0.4, -0.2) is 64.5 Å². The number of benzene rings is 1. The van der Waals surface area contributed by atoms with Gasteiger partial charge in [-0.2, -0.15) is 0 Å². The molecule has 2 saturated heterocycles. The summed E-state index contributed by atoms with van der Waals surface area (Å²) in [5, 5.41) is 13.8. The highest BCUT2D eigenvalue weighted by Gasteiger charge is 2.39. The third kappa shape index (κ3) is 5.31. The van der Waals surface area contributed by atoms with Crippen LogP contribution in [0.4, 0.5) is 5.82 Å². The fourth-order valence-corrected chi connectivity index (χ4v) is 6.04. The maximum absolute atomic E-state index is 13.3. The van der Waals surface area contributed by atoms with Crippen molar-refractivity contribution in [2.24, 2.45) is 11.8 Å². The Hall–Kier alpha value is -2.64. The maximum Gasteiger partial charge on any atom is 0.325 e. The predicted octanol–water partition coefficient (Wildman–Crippen LogP) is 4.02. The van der Waals surface area contributed by atoms with Gasteiger partial charge in [0.05, 0.1) is 5.92 Å². The SMILES string of the molecule is O=C(O)C(c1ccccc1Cl)N1CC[C@@H](C(=O)N2CCC(Cc3ccc4c(n3)NCCC4)CC2)C1. The van der Waals surface area contributed by atoms with Gasteiger partial charge in [-0.1, -0.05) is 35.9 Å². The molecular weight excluding hydrogens is 464 g/mol. The average Bonchev–Trinajstić information content (AvgIpc) is 3.35. The standard InChI is InChI=1S/C27H33ClN4O3/c28-23-6-2-1-5-22(23)24(27(34)35)32-15-11-20(17-32)26(33)31-13-9-18(10-14-31)16-21-8-7-19-4-3-12-29-25(19)30-21/h1-2,5-8,18,20,24H,3-4,9-17H2,(H,29,30)(H,34,35)/t20-,24?/m1/s1. The molecule has 2 N–H and O–H groups in total. The number of hydrogen-bond acceptors (Lipinski definition) is 5. The zero-order chi connectivity index (χ0) is 24.4. The van der Waals surface area contributed by atoms with Gasteiger partial charge in [0.1, 0.15) is 11.9 Å². The number of carbonyl (C=O) groups excluding carboxylic acids is 1. The fraction of sp³-hybridized carbons (Fsp3) is 0.519. The summed E-state index contributed by atoms with van der Waals surface area (Å²) in [5.41, 5.74) is 3.03. The molecule has 3 aliphatic heterocycles. The van der Waals surface area contributed by atoms with Crippen LogP contribution in [0.3, 0.4) is 0 Å². The number of carbonyl (C=O) groups is 2. The number of aliphatic carboxylic acids is 1. The summed E-state index contributed by atoms with van der Waals surface area (Å²) in [5.74, 6) is 0.640. The molecule has 3 aliphatic rings. The van der Waals surface area contributed by atoms with Crippen LogP contribution in [0.1, 0.15) is 48.5 Å². The van der Waals surface area contributed by atoms with E-state index in [0.29, 0.717) is 36.0 Å². The first-order valence-corrected chi connectivity index (χ1v) is 13.1. The first-order chi connectivity index (χ1) is 17.0. The smallest absolute Gasteiger partial charge is 0.325 e. The van der Waals surface area contributed by atoms with Crippen LogP contribution >= 0.6 is 11.6 Å². The zero-order valence-electron chi connectivity index (χ0n) is 20.0. The highest BCUT2D eigenvalue weighted by molar-refractivity contribution is 6.31. The quantitative estimate of drug-likeness (QED) is 0.628. The van der Waals surface area contributed by atoms with Crippen LogP contribution < -0.4 is 5.32 Å². The molecule has 1 unspecified atom stereocenters. The van der Waals surface area contributed by atoms with E-state index >= 15 is 0 Å². The van der Waals surface area contributed by atoms with Crippen molar-refractivity contribution in [3.8, 4) is 0 Å². The van der Waals surface area contributed by atoms with Crippen molar-refractivity contribution in [2.75, 3.05) is 38.0 Å². The number of carboxylic acids is 1. The van der Waals surface area contributed by atoms with Crippen LogP contribution in [-0.2, 0) is 22.4 Å². The van der Waals surface area contributed by atoms with E-state index < -0.39 is 12.0 Å². The van der Waals surface area contributed by atoms with Crippen LogP contribution in [0.25, 0.3) is 0 Å². The molecule has 0 saturated carbocycles. The van der Waals surface area contributed by atoms with Crippen molar-refractivity contribution in [1.29, 1.82) is 0 Å². The minimum Gasteiger partial charge on any atom is -0.480 e. The molecule has 1 aromatic carbocycles. The predicted molar refractivity (Wildman–Crippen MR) is 136 cm³/mol. The number of rotatable bonds is 6. The first-order valence-electron chi connectivity index (χ1n) is 12.7. The molecule has 2 aromatic rings. The monoisotopic (exact) mass is 496 g/mol. The normalized spacial score (nSPS) is 21.9. The average molecular weight is 497 g/mol. The summed E-state index contributed by atoms with van der Waals surface area (Å²) >= 11 is 6.30.